The van der Waals surface area contributed by atoms with Crippen LogP contribution in [-0.2, 0) is 15.9 Å². The maximum atomic E-state index is 12.6. The molecule has 0 radical (unpaired) electrons. The lowest BCUT2D eigenvalue weighted by Crippen LogP contribution is -2.34. The van der Waals surface area contributed by atoms with Crippen LogP contribution in [-0.4, -0.2) is 50.3 Å². The zero-order valence-electron chi connectivity index (χ0n) is 13.0. The van der Waals surface area contributed by atoms with Crippen molar-refractivity contribution in [3.8, 4) is 0 Å². The van der Waals surface area contributed by atoms with Crippen LogP contribution in [0.5, 0.6) is 0 Å². The van der Waals surface area contributed by atoms with Crippen molar-refractivity contribution in [1.82, 2.24) is 9.21 Å². The highest BCUT2D eigenvalue weighted by molar-refractivity contribution is 7.91. The van der Waals surface area contributed by atoms with E-state index in [0.29, 0.717) is 23.2 Å². The van der Waals surface area contributed by atoms with Gasteiger partial charge < -0.3 is 4.90 Å². The van der Waals surface area contributed by atoms with Crippen LogP contribution in [0.2, 0.25) is 0 Å². The number of halogens is 1. The van der Waals surface area contributed by atoms with Gasteiger partial charge in [0.05, 0.1) is 5.88 Å². The van der Waals surface area contributed by atoms with E-state index < -0.39 is 10.0 Å². The van der Waals surface area contributed by atoms with Gasteiger partial charge in [-0.25, -0.2) is 8.42 Å². The van der Waals surface area contributed by atoms with Gasteiger partial charge in [-0.05, 0) is 38.2 Å². The van der Waals surface area contributed by atoms with Gasteiger partial charge in [0.1, 0.15) is 4.21 Å². The fraction of sp³-hybridized carbons (Fsp3) is 0.714. The Labute approximate surface area is 137 Å². The summed E-state index contributed by atoms with van der Waals surface area (Å²) in [6.45, 7) is 10.1. The van der Waals surface area contributed by atoms with Crippen molar-refractivity contribution in [3.05, 3.63) is 17.0 Å². The van der Waals surface area contributed by atoms with Gasteiger partial charge in [0, 0.05) is 18.0 Å². The molecule has 0 aromatic carbocycles. The molecule has 0 aliphatic heterocycles. The number of sulfonamides is 1. The minimum Gasteiger partial charge on any atom is -0.304 e. The molecule has 0 aliphatic rings. The van der Waals surface area contributed by atoms with Crippen molar-refractivity contribution < 1.29 is 8.42 Å². The number of thiophene rings is 1. The first-order chi connectivity index (χ1) is 9.99. The molecular formula is C14H25ClN2O2S2. The van der Waals surface area contributed by atoms with Crippen molar-refractivity contribution in [2.45, 2.75) is 37.3 Å². The van der Waals surface area contributed by atoms with Gasteiger partial charge in [0.25, 0.3) is 10.0 Å². The van der Waals surface area contributed by atoms with Crippen molar-refractivity contribution in [2.24, 2.45) is 0 Å². The van der Waals surface area contributed by atoms with E-state index in [0.717, 1.165) is 30.9 Å². The molecule has 0 fully saturated rings. The first-order valence-electron chi connectivity index (χ1n) is 7.36. The molecule has 122 valence electrons. The van der Waals surface area contributed by atoms with Crippen LogP contribution in [0.25, 0.3) is 0 Å². The van der Waals surface area contributed by atoms with E-state index in [1.807, 2.05) is 6.92 Å². The summed E-state index contributed by atoms with van der Waals surface area (Å²) >= 11 is 7.01. The average Bonchev–Trinajstić information content (AvgIpc) is 2.97. The summed E-state index contributed by atoms with van der Waals surface area (Å²) in [4.78, 5) is 3.19. The molecule has 4 nitrogen and oxygen atoms in total. The second kappa shape index (κ2) is 9.10. The SMILES string of the molecule is CCN(CC)CCCN(CC)S(=O)(=O)c1ccc(CCl)s1. The molecule has 0 aliphatic carbocycles. The molecule has 1 aromatic rings. The van der Waals surface area contributed by atoms with Gasteiger partial charge in [-0.2, -0.15) is 4.31 Å². The molecule has 1 rings (SSSR count). The molecule has 0 spiro atoms. The van der Waals surface area contributed by atoms with Crippen LogP contribution < -0.4 is 0 Å². The van der Waals surface area contributed by atoms with Crippen molar-refractivity contribution in [1.29, 1.82) is 0 Å². The third kappa shape index (κ3) is 5.21. The molecule has 0 bridgehead atoms. The Morgan fingerprint density at radius 3 is 2.24 bits per heavy atom. The Morgan fingerprint density at radius 1 is 1.10 bits per heavy atom. The zero-order valence-corrected chi connectivity index (χ0v) is 15.4. The Morgan fingerprint density at radius 2 is 1.76 bits per heavy atom. The monoisotopic (exact) mass is 352 g/mol. The van der Waals surface area contributed by atoms with Gasteiger partial charge in [-0.3, -0.25) is 0 Å². The highest BCUT2D eigenvalue weighted by Crippen LogP contribution is 2.26. The van der Waals surface area contributed by atoms with Crippen molar-refractivity contribution in [3.63, 3.8) is 0 Å². The van der Waals surface area contributed by atoms with E-state index in [2.05, 4.69) is 18.7 Å². The lowest BCUT2D eigenvalue weighted by Gasteiger charge is -2.22. The predicted octanol–water partition coefficient (Wildman–Crippen LogP) is 3.23. The molecule has 21 heavy (non-hydrogen) atoms. The van der Waals surface area contributed by atoms with Gasteiger partial charge in [-0.15, -0.1) is 22.9 Å². The van der Waals surface area contributed by atoms with E-state index in [4.69, 9.17) is 11.6 Å². The lowest BCUT2D eigenvalue weighted by atomic mass is 10.3. The molecule has 0 saturated carbocycles. The second-order valence-corrected chi connectivity index (χ2v) is 8.33. The van der Waals surface area contributed by atoms with Crippen LogP contribution in [0, 0.1) is 0 Å². The molecule has 1 heterocycles. The van der Waals surface area contributed by atoms with Crippen LogP contribution in [0.4, 0.5) is 0 Å². The number of alkyl halides is 1. The minimum atomic E-state index is -3.38. The van der Waals surface area contributed by atoms with Crippen molar-refractivity contribution >= 4 is 33.0 Å². The fourth-order valence-corrected chi connectivity index (χ4v) is 5.26. The maximum absolute atomic E-state index is 12.6. The second-order valence-electron chi connectivity index (χ2n) is 4.73. The molecule has 0 atom stereocenters. The van der Waals surface area contributed by atoms with E-state index in [1.54, 1.807) is 16.4 Å². The first-order valence-corrected chi connectivity index (χ1v) is 10.2. The Balaban J connectivity index is 2.69. The quantitative estimate of drug-likeness (QED) is 0.607. The molecule has 0 unspecified atom stereocenters. The zero-order chi connectivity index (χ0) is 15.9. The van der Waals surface area contributed by atoms with E-state index in [9.17, 15) is 8.42 Å². The molecular weight excluding hydrogens is 328 g/mol. The summed E-state index contributed by atoms with van der Waals surface area (Å²) in [6, 6.07) is 3.44. The number of rotatable bonds is 10. The standard InChI is InChI=1S/C14H25ClN2O2S2/c1-4-16(5-2)10-7-11-17(6-3)21(18,19)14-9-8-13(12-15)20-14/h8-9H,4-7,10-12H2,1-3H3. The molecule has 0 N–H and O–H groups in total. The average molecular weight is 353 g/mol. The Hall–Kier alpha value is -0.140. The Kier molecular flexibility index (Phi) is 8.19. The van der Waals surface area contributed by atoms with Crippen LogP contribution in [0.3, 0.4) is 0 Å². The van der Waals surface area contributed by atoms with Crippen LogP contribution >= 0.6 is 22.9 Å². The maximum Gasteiger partial charge on any atom is 0.252 e. The highest BCUT2D eigenvalue weighted by atomic mass is 35.5. The number of hydrogen-bond donors (Lipinski definition) is 0. The fourth-order valence-electron chi connectivity index (χ4n) is 2.15. The Bertz CT molecular complexity index is 513. The molecule has 0 saturated heterocycles. The van der Waals surface area contributed by atoms with Crippen LogP contribution in [0.1, 0.15) is 32.1 Å². The molecule has 0 amide bonds. The summed E-state index contributed by atoms with van der Waals surface area (Å²) in [7, 11) is -3.38. The summed E-state index contributed by atoms with van der Waals surface area (Å²) in [5.41, 5.74) is 0. The first kappa shape index (κ1) is 18.9. The topological polar surface area (TPSA) is 40.6 Å². The smallest absolute Gasteiger partial charge is 0.252 e. The lowest BCUT2D eigenvalue weighted by molar-refractivity contribution is 0.285. The summed E-state index contributed by atoms with van der Waals surface area (Å²) in [5, 5.41) is 0. The van der Waals surface area contributed by atoms with Gasteiger partial charge in [0.15, 0.2) is 0 Å². The summed E-state index contributed by atoms with van der Waals surface area (Å²) in [5.74, 6) is 0.355. The van der Waals surface area contributed by atoms with Gasteiger partial charge in [0.2, 0.25) is 0 Å². The normalized spacial score (nSPS) is 12.5. The third-order valence-electron chi connectivity index (χ3n) is 3.49. The van der Waals surface area contributed by atoms with E-state index >= 15 is 0 Å². The highest BCUT2D eigenvalue weighted by Gasteiger charge is 2.24. The predicted molar refractivity (Wildman–Crippen MR) is 90.7 cm³/mol. The summed E-state index contributed by atoms with van der Waals surface area (Å²) < 4.78 is 27.1. The van der Waals surface area contributed by atoms with E-state index in [-0.39, 0.29) is 0 Å². The largest absolute Gasteiger partial charge is 0.304 e. The number of nitrogens with zero attached hydrogens (tertiary/aromatic N) is 2. The third-order valence-corrected chi connectivity index (χ3v) is 7.47. The molecule has 1 aromatic heterocycles. The molecule has 7 heteroatoms. The minimum absolute atomic E-state index is 0.355. The number of hydrogen-bond acceptors (Lipinski definition) is 4. The van der Waals surface area contributed by atoms with Crippen LogP contribution in [0.15, 0.2) is 16.3 Å². The van der Waals surface area contributed by atoms with E-state index in [1.165, 1.54) is 11.3 Å². The van der Waals surface area contributed by atoms with Crippen molar-refractivity contribution in [2.75, 3.05) is 32.7 Å². The van der Waals surface area contributed by atoms with Gasteiger partial charge >= 0.3 is 0 Å². The van der Waals surface area contributed by atoms with Gasteiger partial charge in [-0.1, -0.05) is 20.8 Å². The summed E-state index contributed by atoms with van der Waals surface area (Å²) in [6.07, 6.45) is 0.850.